The Bertz CT molecular complexity index is 755. The molecule has 0 aromatic heterocycles. The molecule has 0 saturated carbocycles. The van der Waals surface area contributed by atoms with Crippen LogP contribution in [0.5, 0.6) is 0 Å². The second-order valence-corrected chi connectivity index (χ2v) is 8.66. The van der Waals surface area contributed by atoms with Crippen molar-refractivity contribution in [3.05, 3.63) is 65.5 Å². The Morgan fingerprint density at radius 3 is 2.43 bits per heavy atom. The van der Waals surface area contributed by atoms with Crippen molar-refractivity contribution in [2.75, 3.05) is 23.7 Å². The number of nitrogens with zero attached hydrogens (tertiary/aromatic N) is 1. The standard InChI is InChI=1S/C23H29FN2OS/c1-17-11-13-26(14-12-17)22-9-5-20(6-10-22)18(2)25-23(27)16-28-15-19-3-7-21(24)8-4-19/h3-10,17-18H,11-16H2,1-2H3,(H,25,27). The number of piperidine rings is 1. The first kappa shape index (κ1) is 20.7. The van der Waals surface area contributed by atoms with Crippen LogP contribution < -0.4 is 10.2 Å². The van der Waals surface area contributed by atoms with Crippen LogP contribution in [0.2, 0.25) is 0 Å². The summed E-state index contributed by atoms with van der Waals surface area (Å²) in [4.78, 5) is 14.7. The summed E-state index contributed by atoms with van der Waals surface area (Å²) in [5, 5.41) is 3.06. The number of benzene rings is 2. The molecule has 0 radical (unpaired) electrons. The summed E-state index contributed by atoms with van der Waals surface area (Å²) in [6.45, 7) is 6.58. The number of halogens is 1. The van der Waals surface area contributed by atoms with Crippen LogP contribution in [0.25, 0.3) is 0 Å². The fourth-order valence-electron chi connectivity index (χ4n) is 3.45. The van der Waals surface area contributed by atoms with E-state index in [0.29, 0.717) is 11.5 Å². The lowest BCUT2D eigenvalue weighted by Gasteiger charge is -2.32. The van der Waals surface area contributed by atoms with Crippen molar-refractivity contribution in [1.82, 2.24) is 5.32 Å². The highest BCUT2D eigenvalue weighted by Gasteiger charge is 2.16. The number of rotatable bonds is 7. The van der Waals surface area contributed by atoms with Gasteiger partial charge in [-0.05, 0) is 61.1 Å². The molecule has 28 heavy (non-hydrogen) atoms. The van der Waals surface area contributed by atoms with Crippen molar-refractivity contribution in [2.24, 2.45) is 5.92 Å². The second kappa shape index (κ2) is 9.97. The molecule has 3 nitrogen and oxygen atoms in total. The van der Waals surface area contributed by atoms with E-state index in [9.17, 15) is 9.18 Å². The molecule has 2 aromatic carbocycles. The van der Waals surface area contributed by atoms with Crippen LogP contribution in [0.3, 0.4) is 0 Å². The fourth-order valence-corrected chi connectivity index (χ4v) is 4.25. The largest absolute Gasteiger partial charge is 0.372 e. The lowest BCUT2D eigenvalue weighted by molar-refractivity contribution is -0.119. The molecule has 150 valence electrons. The normalized spacial score (nSPS) is 16.0. The van der Waals surface area contributed by atoms with Crippen LogP contribution in [0.15, 0.2) is 48.5 Å². The number of thioether (sulfide) groups is 1. The van der Waals surface area contributed by atoms with Gasteiger partial charge in [0.25, 0.3) is 0 Å². The molecule has 0 aliphatic carbocycles. The van der Waals surface area contributed by atoms with Crippen LogP contribution in [0.4, 0.5) is 10.1 Å². The average molecular weight is 401 g/mol. The molecule has 1 heterocycles. The first-order valence-electron chi connectivity index (χ1n) is 9.97. The van der Waals surface area contributed by atoms with E-state index in [-0.39, 0.29) is 17.8 Å². The summed E-state index contributed by atoms with van der Waals surface area (Å²) in [6, 6.07) is 15.0. The van der Waals surface area contributed by atoms with Crippen LogP contribution in [0, 0.1) is 11.7 Å². The Kier molecular flexibility index (Phi) is 7.37. The van der Waals surface area contributed by atoms with Crippen molar-refractivity contribution >= 4 is 23.4 Å². The van der Waals surface area contributed by atoms with Gasteiger partial charge >= 0.3 is 0 Å². The molecular formula is C23H29FN2OS. The number of amides is 1. The number of nitrogens with one attached hydrogen (secondary N) is 1. The van der Waals surface area contributed by atoms with Crippen LogP contribution in [-0.4, -0.2) is 24.7 Å². The Labute approximate surface area is 171 Å². The maximum atomic E-state index is 12.9. The predicted molar refractivity (Wildman–Crippen MR) is 116 cm³/mol. The molecule has 5 heteroatoms. The Hall–Kier alpha value is -2.01. The Balaban J connectivity index is 1.43. The van der Waals surface area contributed by atoms with E-state index < -0.39 is 0 Å². The third-order valence-corrected chi connectivity index (χ3v) is 6.34. The summed E-state index contributed by atoms with van der Waals surface area (Å²) in [5.74, 6) is 1.71. The molecule has 1 fully saturated rings. The molecule has 1 aliphatic heterocycles. The SMILES string of the molecule is CC1CCN(c2ccc(C(C)NC(=O)CSCc3ccc(F)cc3)cc2)CC1. The number of hydrogen-bond acceptors (Lipinski definition) is 3. The quantitative estimate of drug-likeness (QED) is 0.696. The average Bonchev–Trinajstić information content (AvgIpc) is 2.70. The van der Waals surface area contributed by atoms with E-state index >= 15 is 0 Å². The highest BCUT2D eigenvalue weighted by molar-refractivity contribution is 7.99. The van der Waals surface area contributed by atoms with E-state index in [1.165, 1.54) is 42.4 Å². The van der Waals surface area contributed by atoms with Gasteiger partial charge in [-0.2, -0.15) is 0 Å². The van der Waals surface area contributed by atoms with Crippen LogP contribution in [-0.2, 0) is 10.5 Å². The zero-order chi connectivity index (χ0) is 19.9. The molecule has 1 atom stereocenters. The van der Waals surface area contributed by atoms with Crippen molar-refractivity contribution < 1.29 is 9.18 Å². The molecule has 1 saturated heterocycles. The summed E-state index contributed by atoms with van der Waals surface area (Å²) in [6.07, 6.45) is 2.51. The minimum absolute atomic E-state index is 0.0191. The molecule has 0 bridgehead atoms. The van der Waals surface area contributed by atoms with Gasteiger partial charge in [-0.15, -0.1) is 11.8 Å². The molecule has 3 rings (SSSR count). The van der Waals surface area contributed by atoms with Crippen LogP contribution in [0.1, 0.15) is 43.9 Å². The molecule has 1 aliphatic rings. The number of carbonyl (C=O) groups is 1. The van der Waals surface area contributed by atoms with Crippen molar-refractivity contribution in [3.8, 4) is 0 Å². The first-order valence-corrected chi connectivity index (χ1v) is 11.1. The maximum absolute atomic E-state index is 12.9. The molecule has 1 N–H and O–H groups in total. The zero-order valence-corrected chi connectivity index (χ0v) is 17.5. The summed E-state index contributed by atoms with van der Waals surface area (Å²) in [5.41, 5.74) is 3.41. The van der Waals surface area contributed by atoms with Gasteiger partial charge in [0.2, 0.25) is 5.91 Å². The monoisotopic (exact) mass is 400 g/mol. The van der Waals surface area contributed by atoms with Gasteiger partial charge in [0.05, 0.1) is 11.8 Å². The third-order valence-electron chi connectivity index (χ3n) is 5.33. The number of hydrogen-bond donors (Lipinski definition) is 1. The van der Waals surface area contributed by atoms with Crippen molar-refractivity contribution in [2.45, 2.75) is 38.5 Å². The van der Waals surface area contributed by atoms with Gasteiger partial charge < -0.3 is 10.2 Å². The van der Waals surface area contributed by atoms with Gasteiger partial charge in [-0.1, -0.05) is 31.2 Å². The molecule has 1 amide bonds. The zero-order valence-electron chi connectivity index (χ0n) is 16.7. The van der Waals surface area contributed by atoms with Gasteiger partial charge in [-0.3, -0.25) is 4.79 Å². The van der Waals surface area contributed by atoms with Gasteiger partial charge in [-0.25, -0.2) is 4.39 Å². The molecule has 0 spiro atoms. The van der Waals surface area contributed by atoms with Gasteiger partial charge in [0.15, 0.2) is 0 Å². The molecular weight excluding hydrogens is 371 g/mol. The van der Waals surface area contributed by atoms with E-state index in [0.717, 1.165) is 30.1 Å². The van der Waals surface area contributed by atoms with E-state index in [1.807, 2.05) is 6.92 Å². The second-order valence-electron chi connectivity index (χ2n) is 7.67. The number of anilines is 1. The Morgan fingerprint density at radius 1 is 1.14 bits per heavy atom. The Morgan fingerprint density at radius 2 is 1.79 bits per heavy atom. The number of carbonyl (C=O) groups excluding carboxylic acids is 1. The van der Waals surface area contributed by atoms with Crippen LogP contribution >= 0.6 is 11.8 Å². The first-order chi connectivity index (χ1) is 13.5. The van der Waals surface area contributed by atoms with Crippen molar-refractivity contribution in [1.29, 1.82) is 0 Å². The minimum atomic E-state index is -0.235. The lowest BCUT2D eigenvalue weighted by atomic mass is 9.98. The lowest BCUT2D eigenvalue weighted by Crippen LogP contribution is -2.32. The summed E-state index contributed by atoms with van der Waals surface area (Å²) in [7, 11) is 0. The van der Waals surface area contributed by atoms with E-state index in [1.54, 1.807) is 12.1 Å². The van der Waals surface area contributed by atoms with E-state index in [2.05, 4.69) is 41.4 Å². The highest BCUT2D eigenvalue weighted by Crippen LogP contribution is 2.24. The van der Waals surface area contributed by atoms with Crippen molar-refractivity contribution in [3.63, 3.8) is 0 Å². The smallest absolute Gasteiger partial charge is 0.230 e. The van der Waals surface area contributed by atoms with Gasteiger partial charge in [0, 0.05) is 24.5 Å². The fraction of sp³-hybridized carbons (Fsp3) is 0.435. The topological polar surface area (TPSA) is 32.3 Å². The third kappa shape index (κ3) is 5.99. The van der Waals surface area contributed by atoms with E-state index in [4.69, 9.17) is 0 Å². The molecule has 2 aromatic rings. The minimum Gasteiger partial charge on any atom is -0.372 e. The predicted octanol–water partition coefficient (Wildman–Crippen LogP) is 5.17. The maximum Gasteiger partial charge on any atom is 0.230 e. The summed E-state index contributed by atoms with van der Waals surface area (Å²) >= 11 is 1.54. The highest BCUT2D eigenvalue weighted by atomic mass is 32.2. The summed E-state index contributed by atoms with van der Waals surface area (Å²) < 4.78 is 12.9. The molecule has 1 unspecified atom stereocenters. The van der Waals surface area contributed by atoms with Gasteiger partial charge in [0.1, 0.15) is 5.82 Å².